The molecule has 7 nitrogen and oxygen atoms in total. The Morgan fingerprint density at radius 3 is 2.47 bits per heavy atom. The number of amides is 1. The smallest absolute Gasteiger partial charge is 0.262 e. The second kappa shape index (κ2) is 8.66. The number of carbonyl (C=O) groups is 1. The fraction of sp³-hybridized carbons (Fsp3) is 0.273. The first-order valence-corrected chi connectivity index (χ1v) is 10.1. The minimum absolute atomic E-state index is 0.0171. The lowest BCUT2D eigenvalue weighted by atomic mass is 10.2. The summed E-state index contributed by atoms with van der Waals surface area (Å²) in [5, 5.41) is 10.3. The van der Waals surface area contributed by atoms with Gasteiger partial charge in [0.25, 0.3) is 11.5 Å². The summed E-state index contributed by atoms with van der Waals surface area (Å²) in [6.45, 7) is 2.89. The number of carbonyl (C=O) groups excluding carboxylic acids is 1. The molecule has 2 heterocycles. The first-order valence-electron chi connectivity index (χ1n) is 9.69. The van der Waals surface area contributed by atoms with Crippen molar-refractivity contribution in [2.45, 2.75) is 13.1 Å². The lowest BCUT2D eigenvalue weighted by molar-refractivity contribution is 0.0624. The highest BCUT2D eigenvalue weighted by atomic mass is 35.5. The van der Waals surface area contributed by atoms with Crippen LogP contribution in [0, 0.1) is 11.3 Å². The second-order valence-corrected chi connectivity index (χ2v) is 7.61. The maximum atomic E-state index is 12.8. The number of hydrogen-bond acceptors (Lipinski definition) is 5. The number of piperazine rings is 1. The van der Waals surface area contributed by atoms with Crippen LogP contribution in [0.3, 0.4) is 0 Å². The Bertz CT molecular complexity index is 1170. The Balaban J connectivity index is 1.49. The molecule has 4 rings (SSSR count). The molecule has 152 valence electrons. The van der Waals surface area contributed by atoms with Gasteiger partial charge in [0.15, 0.2) is 0 Å². The molecule has 1 amide bonds. The molecule has 1 aliphatic heterocycles. The van der Waals surface area contributed by atoms with Crippen LogP contribution in [-0.2, 0) is 13.1 Å². The summed E-state index contributed by atoms with van der Waals surface area (Å²) in [6, 6.07) is 16.1. The number of aromatic nitrogens is 2. The van der Waals surface area contributed by atoms with Crippen molar-refractivity contribution in [1.29, 1.82) is 5.26 Å². The van der Waals surface area contributed by atoms with Gasteiger partial charge in [-0.2, -0.15) is 5.26 Å². The summed E-state index contributed by atoms with van der Waals surface area (Å²) in [7, 11) is 0. The molecule has 3 aromatic rings. The number of nitriles is 1. The van der Waals surface area contributed by atoms with Crippen LogP contribution < -0.4 is 5.56 Å². The van der Waals surface area contributed by atoms with E-state index in [0.717, 1.165) is 0 Å². The van der Waals surface area contributed by atoms with Gasteiger partial charge in [0.1, 0.15) is 12.4 Å². The van der Waals surface area contributed by atoms with Gasteiger partial charge in [-0.15, -0.1) is 0 Å². The van der Waals surface area contributed by atoms with Gasteiger partial charge in [-0.25, -0.2) is 4.98 Å². The molecule has 0 aliphatic carbocycles. The van der Waals surface area contributed by atoms with E-state index in [1.807, 2.05) is 11.0 Å². The monoisotopic (exact) mass is 421 g/mol. The molecule has 0 atom stereocenters. The molecule has 1 fully saturated rings. The second-order valence-electron chi connectivity index (χ2n) is 7.17. The average Bonchev–Trinajstić information content (AvgIpc) is 2.77. The standard InChI is InChI=1S/C22H20ClN5O2/c23-17-7-5-16(6-8-17)21(29)27-13-11-26(12-14-27)15-20-25-19-4-2-1-3-18(19)22(30)28(20)10-9-24/h1-8H,10-15H2. The van der Waals surface area contributed by atoms with Crippen LogP contribution in [-0.4, -0.2) is 51.4 Å². The summed E-state index contributed by atoms with van der Waals surface area (Å²) < 4.78 is 1.44. The molecule has 8 heteroatoms. The van der Waals surface area contributed by atoms with Crippen LogP contribution in [0.5, 0.6) is 0 Å². The van der Waals surface area contributed by atoms with Gasteiger partial charge in [0, 0.05) is 36.8 Å². The first kappa shape index (κ1) is 20.1. The number of rotatable bonds is 4. The van der Waals surface area contributed by atoms with Crippen molar-refractivity contribution in [3.05, 3.63) is 75.3 Å². The topological polar surface area (TPSA) is 82.2 Å². The van der Waals surface area contributed by atoms with E-state index in [2.05, 4.69) is 16.0 Å². The minimum Gasteiger partial charge on any atom is -0.336 e. The van der Waals surface area contributed by atoms with Crippen LogP contribution >= 0.6 is 11.6 Å². The van der Waals surface area contributed by atoms with Gasteiger partial charge >= 0.3 is 0 Å². The molecule has 30 heavy (non-hydrogen) atoms. The van der Waals surface area contributed by atoms with Crippen LogP contribution in [0.15, 0.2) is 53.3 Å². The minimum atomic E-state index is -0.200. The van der Waals surface area contributed by atoms with Crippen LogP contribution in [0.2, 0.25) is 5.02 Å². The third-order valence-corrected chi connectivity index (χ3v) is 5.54. The predicted octanol–water partition coefficient (Wildman–Crippen LogP) is 2.53. The normalized spacial score (nSPS) is 14.6. The highest BCUT2D eigenvalue weighted by Crippen LogP contribution is 2.15. The van der Waals surface area contributed by atoms with Crippen LogP contribution in [0.1, 0.15) is 16.2 Å². The molecule has 0 spiro atoms. The van der Waals surface area contributed by atoms with Crippen molar-refractivity contribution in [3.63, 3.8) is 0 Å². The zero-order valence-electron chi connectivity index (χ0n) is 16.3. The lowest BCUT2D eigenvalue weighted by Gasteiger charge is -2.34. The van der Waals surface area contributed by atoms with E-state index in [9.17, 15) is 9.59 Å². The molecule has 0 bridgehead atoms. The first-order chi connectivity index (χ1) is 14.6. The third-order valence-electron chi connectivity index (χ3n) is 5.29. The zero-order chi connectivity index (χ0) is 21.1. The molecule has 1 aromatic heterocycles. The van der Waals surface area contributed by atoms with E-state index >= 15 is 0 Å². The lowest BCUT2D eigenvalue weighted by Crippen LogP contribution is -2.48. The fourth-order valence-corrected chi connectivity index (χ4v) is 3.78. The molecule has 0 radical (unpaired) electrons. The van der Waals surface area contributed by atoms with E-state index in [1.165, 1.54) is 4.57 Å². The van der Waals surface area contributed by atoms with Crippen LogP contribution in [0.4, 0.5) is 0 Å². The van der Waals surface area contributed by atoms with E-state index in [4.69, 9.17) is 16.9 Å². The van der Waals surface area contributed by atoms with Crippen molar-refractivity contribution < 1.29 is 4.79 Å². The number of halogens is 1. The molecule has 1 saturated heterocycles. The molecular formula is C22H20ClN5O2. The van der Waals surface area contributed by atoms with Gasteiger partial charge in [0.2, 0.25) is 0 Å². The third kappa shape index (κ3) is 4.06. The number of nitrogens with zero attached hydrogens (tertiary/aromatic N) is 5. The molecule has 0 N–H and O–H groups in total. The average molecular weight is 422 g/mol. The van der Waals surface area contributed by atoms with E-state index < -0.39 is 0 Å². The van der Waals surface area contributed by atoms with Crippen molar-refractivity contribution >= 4 is 28.4 Å². The number of hydrogen-bond donors (Lipinski definition) is 0. The maximum Gasteiger partial charge on any atom is 0.262 e. The van der Waals surface area contributed by atoms with Gasteiger partial charge in [-0.1, -0.05) is 23.7 Å². The largest absolute Gasteiger partial charge is 0.336 e. The predicted molar refractivity (Wildman–Crippen MR) is 114 cm³/mol. The van der Waals surface area contributed by atoms with E-state index in [0.29, 0.717) is 60.0 Å². The van der Waals surface area contributed by atoms with Gasteiger partial charge in [0.05, 0.1) is 23.5 Å². The van der Waals surface area contributed by atoms with Crippen molar-refractivity contribution in [1.82, 2.24) is 19.4 Å². The van der Waals surface area contributed by atoms with Gasteiger partial charge < -0.3 is 4.90 Å². The van der Waals surface area contributed by atoms with Gasteiger partial charge in [-0.3, -0.25) is 19.1 Å². The summed E-state index contributed by atoms with van der Waals surface area (Å²) in [6.07, 6.45) is 0. The summed E-state index contributed by atoms with van der Waals surface area (Å²) in [5.41, 5.74) is 1.05. The highest BCUT2D eigenvalue weighted by Gasteiger charge is 2.23. The van der Waals surface area contributed by atoms with Gasteiger partial charge in [-0.05, 0) is 36.4 Å². The van der Waals surface area contributed by atoms with E-state index in [1.54, 1.807) is 42.5 Å². The number of benzene rings is 2. The Labute approximate surface area is 178 Å². The Morgan fingerprint density at radius 1 is 1.07 bits per heavy atom. The van der Waals surface area contributed by atoms with E-state index in [-0.39, 0.29) is 18.0 Å². The van der Waals surface area contributed by atoms with Crippen molar-refractivity contribution in [2.24, 2.45) is 0 Å². The van der Waals surface area contributed by atoms with Crippen molar-refractivity contribution in [3.8, 4) is 6.07 Å². The number of fused-ring (bicyclic) bond motifs is 1. The molecule has 2 aromatic carbocycles. The Kier molecular flexibility index (Phi) is 5.79. The Hall–Kier alpha value is -3.21. The number of para-hydroxylation sites is 1. The maximum absolute atomic E-state index is 12.8. The van der Waals surface area contributed by atoms with Crippen molar-refractivity contribution in [2.75, 3.05) is 26.2 Å². The zero-order valence-corrected chi connectivity index (χ0v) is 17.0. The summed E-state index contributed by atoms with van der Waals surface area (Å²) in [4.78, 5) is 34.1. The quantitative estimate of drug-likeness (QED) is 0.646. The fourth-order valence-electron chi connectivity index (χ4n) is 3.65. The summed E-state index contributed by atoms with van der Waals surface area (Å²) >= 11 is 5.90. The molecule has 0 unspecified atom stereocenters. The Morgan fingerprint density at radius 2 is 1.77 bits per heavy atom. The highest BCUT2D eigenvalue weighted by molar-refractivity contribution is 6.30. The molecule has 0 saturated carbocycles. The summed E-state index contributed by atoms with van der Waals surface area (Å²) in [5.74, 6) is 0.550. The molecular weight excluding hydrogens is 402 g/mol. The van der Waals surface area contributed by atoms with Crippen LogP contribution in [0.25, 0.3) is 10.9 Å². The SMILES string of the molecule is N#CCn1c(CN2CCN(C(=O)c3ccc(Cl)cc3)CC2)nc2ccccc2c1=O. The molecule has 1 aliphatic rings.